The number of hydrogen-bond acceptors (Lipinski definition) is 6. The first-order valence-electron chi connectivity index (χ1n) is 6.77. The lowest BCUT2D eigenvalue weighted by Gasteiger charge is -2.27. The molecule has 0 bridgehead atoms. The zero-order valence-corrected chi connectivity index (χ0v) is 13.1. The molecule has 1 aromatic carbocycles. The number of benzene rings is 1. The predicted molar refractivity (Wildman–Crippen MR) is 79.7 cm³/mol. The van der Waals surface area contributed by atoms with Gasteiger partial charge in [-0.25, -0.2) is 13.4 Å². The molecule has 1 saturated heterocycles. The zero-order valence-electron chi connectivity index (χ0n) is 12.3. The van der Waals surface area contributed by atoms with Gasteiger partial charge in [-0.05, 0) is 18.9 Å². The molecule has 7 nitrogen and oxygen atoms in total. The van der Waals surface area contributed by atoms with Gasteiger partial charge in [0, 0.05) is 19.2 Å². The average molecular weight is 315 g/mol. The number of nitrogen functional groups attached to an aromatic ring is 1. The van der Waals surface area contributed by atoms with Crippen LogP contribution in [0.15, 0.2) is 17.0 Å². The summed E-state index contributed by atoms with van der Waals surface area (Å²) in [7, 11) is -0.864. The molecule has 0 unspecified atom stereocenters. The predicted octanol–water partition coefficient (Wildman–Crippen LogP) is 0.965. The highest BCUT2D eigenvalue weighted by Crippen LogP contribution is 2.33. The van der Waals surface area contributed by atoms with Crippen molar-refractivity contribution in [3.8, 4) is 11.5 Å². The van der Waals surface area contributed by atoms with E-state index in [1.807, 2.05) is 0 Å². The van der Waals surface area contributed by atoms with Gasteiger partial charge in [-0.1, -0.05) is 6.42 Å². The molecule has 1 heterocycles. The van der Waals surface area contributed by atoms with Crippen LogP contribution in [0.2, 0.25) is 0 Å². The fourth-order valence-electron chi connectivity index (χ4n) is 2.31. The minimum atomic E-state index is -3.73. The Labute approximate surface area is 125 Å². The van der Waals surface area contributed by atoms with Crippen LogP contribution in [0, 0.1) is 0 Å². The van der Waals surface area contributed by atoms with Crippen LogP contribution in [0.4, 0.5) is 5.69 Å². The lowest BCUT2D eigenvalue weighted by molar-refractivity contribution is 0.199. The highest BCUT2D eigenvalue weighted by Gasteiger charge is 2.25. The molecular formula is C13H21N3O4S. The van der Waals surface area contributed by atoms with Gasteiger partial charge in [0.25, 0.3) is 10.0 Å². The molecule has 2 rings (SSSR count). The van der Waals surface area contributed by atoms with E-state index in [2.05, 4.69) is 4.83 Å². The van der Waals surface area contributed by atoms with Gasteiger partial charge in [-0.15, -0.1) is 4.83 Å². The summed E-state index contributed by atoms with van der Waals surface area (Å²) in [6, 6.07) is 2.82. The van der Waals surface area contributed by atoms with Crippen LogP contribution in [-0.2, 0) is 10.0 Å². The highest BCUT2D eigenvalue weighted by atomic mass is 32.2. The molecule has 0 aromatic heterocycles. The van der Waals surface area contributed by atoms with E-state index >= 15 is 0 Å². The second-order valence-corrected chi connectivity index (χ2v) is 6.52. The van der Waals surface area contributed by atoms with Gasteiger partial charge in [0.05, 0.1) is 19.9 Å². The van der Waals surface area contributed by atoms with E-state index in [4.69, 9.17) is 15.2 Å². The molecule has 1 aliphatic heterocycles. The van der Waals surface area contributed by atoms with Gasteiger partial charge in [0.15, 0.2) is 0 Å². The van der Waals surface area contributed by atoms with Crippen LogP contribution >= 0.6 is 0 Å². The monoisotopic (exact) mass is 315 g/mol. The Kier molecular flexibility index (Phi) is 4.92. The fourth-order valence-corrected chi connectivity index (χ4v) is 3.62. The molecule has 0 spiro atoms. The SMILES string of the molecule is COc1cc(OC)c(S(=O)(=O)NN2CCCCC2)cc1N. The van der Waals surface area contributed by atoms with Crippen molar-refractivity contribution in [2.45, 2.75) is 24.2 Å². The minimum Gasteiger partial charge on any atom is -0.495 e. The maximum absolute atomic E-state index is 12.5. The number of nitrogens with two attached hydrogens (primary N) is 1. The van der Waals surface area contributed by atoms with Gasteiger partial charge in [0.2, 0.25) is 0 Å². The summed E-state index contributed by atoms with van der Waals surface area (Å²) in [6.07, 6.45) is 3.08. The summed E-state index contributed by atoms with van der Waals surface area (Å²) >= 11 is 0. The maximum Gasteiger partial charge on any atom is 0.257 e. The summed E-state index contributed by atoms with van der Waals surface area (Å²) in [6.45, 7) is 1.40. The van der Waals surface area contributed by atoms with Crippen molar-refractivity contribution in [1.29, 1.82) is 0 Å². The van der Waals surface area contributed by atoms with Gasteiger partial charge in [-0.3, -0.25) is 0 Å². The van der Waals surface area contributed by atoms with E-state index in [9.17, 15) is 8.42 Å². The number of hydrazine groups is 1. The number of anilines is 1. The molecular weight excluding hydrogens is 294 g/mol. The lowest BCUT2D eigenvalue weighted by Crippen LogP contribution is -2.44. The summed E-state index contributed by atoms with van der Waals surface area (Å²) in [5.41, 5.74) is 6.05. The van der Waals surface area contributed by atoms with Crippen LogP contribution in [0.5, 0.6) is 11.5 Å². The number of nitrogens with one attached hydrogen (secondary N) is 1. The average Bonchev–Trinajstić information content (AvgIpc) is 2.47. The first-order valence-corrected chi connectivity index (χ1v) is 8.25. The first kappa shape index (κ1) is 15.9. The third-order valence-corrected chi connectivity index (χ3v) is 4.81. The molecule has 1 aromatic rings. The third kappa shape index (κ3) is 3.58. The highest BCUT2D eigenvalue weighted by molar-refractivity contribution is 7.89. The van der Waals surface area contributed by atoms with Crippen molar-refractivity contribution >= 4 is 15.7 Å². The lowest BCUT2D eigenvalue weighted by atomic mass is 10.2. The molecule has 21 heavy (non-hydrogen) atoms. The quantitative estimate of drug-likeness (QED) is 0.786. The molecule has 0 saturated carbocycles. The molecule has 3 N–H and O–H groups in total. The minimum absolute atomic E-state index is 0.00822. The van der Waals surface area contributed by atoms with E-state index in [0.29, 0.717) is 18.8 Å². The number of piperidine rings is 1. The van der Waals surface area contributed by atoms with E-state index < -0.39 is 10.0 Å². The van der Waals surface area contributed by atoms with Gasteiger partial charge in [-0.2, -0.15) is 0 Å². The first-order chi connectivity index (χ1) is 9.97. The Balaban J connectivity index is 2.32. The number of ether oxygens (including phenoxy) is 2. The molecule has 0 aliphatic carbocycles. The number of hydrogen-bond donors (Lipinski definition) is 2. The van der Waals surface area contributed by atoms with Crippen molar-refractivity contribution in [1.82, 2.24) is 9.84 Å². The van der Waals surface area contributed by atoms with Crippen LogP contribution in [0.1, 0.15) is 19.3 Å². The standard InChI is InChI=1S/C13H21N3O4S/c1-19-11-9-12(20-2)13(8-10(11)14)21(17,18)15-16-6-4-3-5-7-16/h8-9,15H,3-7,14H2,1-2H3. The molecule has 118 valence electrons. The molecule has 1 aliphatic rings. The van der Waals surface area contributed by atoms with E-state index in [-0.39, 0.29) is 16.3 Å². The van der Waals surface area contributed by atoms with Crippen LogP contribution < -0.4 is 20.0 Å². The van der Waals surface area contributed by atoms with Crippen molar-refractivity contribution in [2.24, 2.45) is 0 Å². The Morgan fingerprint density at radius 3 is 2.29 bits per heavy atom. The van der Waals surface area contributed by atoms with Crippen molar-refractivity contribution in [3.05, 3.63) is 12.1 Å². The Morgan fingerprint density at radius 1 is 1.10 bits per heavy atom. The third-order valence-electron chi connectivity index (χ3n) is 3.41. The number of rotatable bonds is 5. The van der Waals surface area contributed by atoms with Crippen LogP contribution in [0.25, 0.3) is 0 Å². The summed E-state index contributed by atoms with van der Waals surface area (Å²) in [4.78, 5) is 2.59. The number of nitrogens with zero attached hydrogens (tertiary/aromatic N) is 1. The molecule has 1 fully saturated rings. The summed E-state index contributed by atoms with van der Waals surface area (Å²) < 4.78 is 35.2. The number of methoxy groups -OCH3 is 2. The van der Waals surface area contributed by atoms with Gasteiger partial charge in [0.1, 0.15) is 16.4 Å². The fraction of sp³-hybridized carbons (Fsp3) is 0.538. The second kappa shape index (κ2) is 6.50. The molecule has 0 atom stereocenters. The normalized spacial score (nSPS) is 16.7. The van der Waals surface area contributed by atoms with Gasteiger partial charge < -0.3 is 15.2 Å². The van der Waals surface area contributed by atoms with Gasteiger partial charge >= 0.3 is 0 Å². The van der Waals surface area contributed by atoms with Crippen molar-refractivity contribution in [3.63, 3.8) is 0 Å². The second-order valence-electron chi connectivity index (χ2n) is 4.89. The summed E-state index contributed by atoms with van der Waals surface area (Å²) in [5.74, 6) is 0.578. The van der Waals surface area contributed by atoms with Crippen LogP contribution in [0.3, 0.4) is 0 Å². The van der Waals surface area contributed by atoms with E-state index in [1.54, 1.807) is 5.01 Å². The zero-order chi connectivity index (χ0) is 15.5. The summed E-state index contributed by atoms with van der Waals surface area (Å²) in [5, 5.41) is 1.71. The maximum atomic E-state index is 12.5. The topological polar surface area (TPSA) is 93.9 Å². The van der Waals surface area contributed by atoms with Crippen molar-refractivity contribution in [2.75, 3.05) is 33.0 Å². The largest absolute Gasteiger partial charge is 0.495 e. The molecule has 8 heteroatoms. The van der Waals surface area contributed by atoms with Crippen molar-refractivity contribution < 1.29 is 17.9 Å². The smallest absolute Gasteiger partial charge is 0.257 e. The van der Waals surface area contributed by atoms with E-state index in [0.717, 1.165) is 19.3 Å². The molecule has 0 radical (unpaired) electrons. The Hall–Kier alpha value is -1.51. The van der Waals surface area contributed by atoms with E-state index in [1.165, 1.54) is 26.4 Å². The molecule has 0 amide bonds. The van der Waals surface area contributed by atoms with Crippen LogP contribution in [-0.4, -0.2) is 40.7 Å². The Bertz CT molecular complexity index is 598. The number of sulfonamides is 1. The Morgan fingerprint density at radius 2 is 1.71 bits per heavy atom.